The maximum Gasteiger partial charge on any atom is 0.407 e. The van der Waals surface area contributed by atoms with Crippen LogP contribution in [0.25, 0.3) is 0 Å². The lowest BCUT2D eigenvalue weighted by molar-refractivity contribution is -0.117. The molecule has 1 fully saturated rings. The third kappa shape index (κ3) is 3.73. The second-order valence-electron chi connectivity index (χ2n) is 5.89. The monoisotopic (exact) mass is 276 g/mol. The van der Waals surface area contributed by atoms with Gasteiger partial charge in [-0.25, -0.2) is 4.79 Å². The van der Waals surface area contributed by atoms with E-state index in [1.54, 1.807) is 4.90 Å². The number of nitrogens with one attached hydrogen (secondary N) is 1. The molecule has 1 unspecified atom stereocenters. The molecule has 5 heteroatoms. The minimum atomic E-state index is -0.536. The van der Waals surface area contributed by atoms with Crippen LogP contribution in [0.5, 0.6) is 0 Å². The molecular weight excluding hydrogens is 256 g/mol. The third-order valence-corrected chi connectivity index (χ3v) is 2.91. The fraction of sp³-hybridized carbons (Fsp3) is 0.467. The highest BCUT2D eigenvalue weighted by Crippen LogP contribution is 2.21. The van der Waals surface area contributed by atoms with E-state index in [0.717, 1.165) is 5.69 Å². The highest BCUT2D eigenvalue weighted by Gasteiger charge is 2.32. The lowest BCUT2D eigenvalue weighted by Gasteiger charge is -2.22. The van der Waals surface area contributed by atoms with Gasteiger partial charge in [0.2, 0.25) is 5.91 Å². The lowest BCUT2D eigenvalue weighted by atomic mass is 10.2. The fourth-order valence-corrected chi connectivity index (χ4v) is 2.14. The third-order valence-electron chi connectivity index (χ3n) is 2.91. The molecule has 1 atom stereocenters. The Hall–Kier alpha value is -2.04. The lowest BCUT2D eigenvalue weighted by Crippen LogP contribution is -2.40. The standard InChI is InChI=1S/C15H20N2O3/c1-15(2,3)20-14(19)16-11-9-13(18)17(10-11)12-7-5-4-6-8-12/h4-8,11H,9-10H2,1-3H3,(H,16,19). The van der Waals surface area contributed by atoms with Crippen LogP contribution in [0.4, 0.5) is 10.5 Å². The number of carbonyl (C=O) groups excluding carboxylic acids is 2. The van der Waals surface area contributed by atoms with Gasteiger partial charge in [0.1, 0.15) is 5.60 Å². The van der Waals surface area contributed by atoms with Crippen molar-refractivity contribution in [3.05, 3.63) is 30.3 Å². The van der Waals surface area contributed by atoms with Gasteiger partial charge in [-0.1, -0.05) is 18.2 Å². The molecule has 108 valence electrons. The molecule has 1 heterocycles. The van der Waals surface area contributed by atoms with Crippen LogP contribution in [0.15, 0.2) is 30.3 Å². The highest BCUT2D eigenvalue weighted by atomic mass is 16.6. The second kappa shape index (κ2) is 5.53. The minimum Gasteiger partial charge on any atom is -0.444 e. The van der Waals surface area contributed by atoms with Crippen LogP contribution in [0.2, 0.25) is 0 Å². The number of hydrogen-bond donors (Lipinski definition) is 1. The zero-order valence-corrected chi connectivity index (χ0v) is 12.1. The summed E-state index contributed by atoms with van der Waals surface area (Å²) >= 11 is 0. The molecule has 5 nitrogen and oxygen atoms in total. The van der Waals surface area contributed by atoms with Gasteiger partial charge < -0.3 is 15.0 Å². The van der Waals surface area contributed by atoms with E-state index in [1.807, 2.05) is 51.1 Å². The number of para-hydroxylation sites is 1. The van der Waals surface area contributed by atoms with E-state index in [2.05, 4.69) is 5.32 Å². The molecule has 20 heavy (non-hydrogen) atoms. The summed E-state index contributed by atoms with van der Waals surface area (Å²) in [6.07, 6.45) is -0.182. The number of rotatable bonds is 2. The Morgan fingerprint density at radius 3 is 2.55 bits per heavy atom. The fourth-order valence-electron chi connectivity index (χ4n) is 2.14. The molecule has 0 bridgehead atoms. The van der Waals surface area contributed by atoms with Gasteiger partial charge in [-0.3, -0.25) is 4.79 Å². The number of benzene rings is 1. The van der Waals surface area contributed by atoms with Crippen LogP contribution in [0.3, 0.4) is 0 Å². The van der Waals surface area contributed by atoms with Crippen LogP contribution in [-0.2, 0) is 9.53 Å². The molecule has 1 aliphatic heterocycles. The van der Waals surface area contributed by atoms with Crippen LogP contribution >= 0.6 is 0 Å². The van der Waals surface area contributed by atoms with E-state index in [4.69, 9.17) is 4.74 Å². The van der Waals surface area contributed by atoms with Gasteiger partial charge in [-0.2, -0.15) is 0 Å². The Labute approximate surface area is 118 Å². The van der Waals surface area contributed by atoms with Crippen molar-refractivity contribution in [2.45, 2.75) is 38.8 Å². The van der Waals surface area contributed by atoms with Crippen molar-refractivity contribution in [1.29, 1.82) is 0 Å². The Morgan fingerprint density at radius 1 is 1.30 bits per heavy atom. The van der Waals surface area contributed by atoms with Crippen LogP contribution in [-0.4, -0.2) is 30.2 Å². The van der Waals surface area contributed by atoms with Gasteiger partial charge in [0, 0.05) is 18.7 Å². The molecule has 1 aromatic carbocycles. The molecule has 1 aliphatic rings. The van der Waals surface area contributed by atoms with Gasteiger partial charge in [0.25, 0.3) is 0 Å². The van der Waals surface area contributed by atoms with E-state index in [9.17, 15) is 9.59 Å². The average Bonchev–Trinajstić information content (AvgIpc) is 2.68. The van der Waals surface area contributed by atoms with Crippen molar-refractivity contribution in [3.8, 4) is 0 Å². The summed E-state index contributed by atoms with van der Waals surface area (Å²) in [5, 5.41) is 2.74. The van der Waals surface area contributed by atoms with Crippen molar-refractivity contribution >= 4 is 17.7 Å². The Morgan fingerprint density at radius 2 is 1.95 bits per heavy atom. The second-order valence-corrected chi connectivity index (χ2v) is 5.89. The molecule has 1 saturated heterocycles. The maximum absolute atomic E-state index is 12.0. The van der Waals surface area contributed by atoms with Gasteiger partial charge >= 0.3 is 6.09 Å². The number of alkyl carbamates (subject to hydrolysis) is 1. The quantitative estimate of drug-likeness (QED) is 0.901. The van der Waals surface area contributed by atoms with E-state index in [1.165, 1.54) is 0 Å². The van der Waals surface area contributed by atoms with Crippen LogP contribution < -0.4 is 10.2 Å². The van der Waals surface area contributed by atoms with Gasteiger partial charge in [0.05, 0.1) is 6.04 Å². The molecule has 0 spiro atoms. The van der Waals surface area contributed by atoms with Crippen molar-refractivity contribution in [2.75, 3.05) is 11.4 Å². The predicted octanol–water partition coefficient (Wildman–Crippen LogP) is 2.32. The summed E-state index contributed by atoms with van der Waals surface area (Å²) in [6, 6.07) is 9.23. The normalized spacial score (nSPS) is 19.1. The number of amides is 2. The van der Waals surface area contributed by atoms with E-state index in [-0.39, 0.29) is 11.9 Å². The molecule has 1 aromatic rings. The van der Waals surface area contributed by atoms with Crippen molar-refractivity contribution < 1.29 is 14.3 Å². The molecule has 0 aromatic heterocycles. The van der Waals surface area contributed by atoms with Crippen LogP contribution in [0, 0.1) is 0 Å². The Balaban J connectivity index is 1.94. The summed E-state index contributed by atoms with van der Waals surface area (Å²) in [7, 11) is 0. The van der Waals surface area contributed by atoms with Crippen LogP contribution in [0.1, 0.15) is 27.2 Å². The summed E-state index contributed by atoms with van der Waals surface area (Å²) in [6.45, 7) is 5.90. The Kier molecular flexibility index (Phi) is 3.97. The van der Waals surface area contributed by atoms with Crippen molar-refractivity contribution in [3.63, 3.8) is 0 Å². The largest absolute Gasteiger partial charge is 0.444 e. The topological polar surface area (TPSA) is 58.6 Å². The number of hydrogen-bond acceptors (Lipinski definition) is 3. The first-order chi connectivity index (χ1) is 9.35. The zero-order chi connectivity index (χ0) is 14.8. The summed E-state index contributed by atoms with van der Waals surface area (Å²) in [4.78, 5) is 25.4. The first-order valence-electron chi connectivity index (χ1n) is 6.70. The maximum atomic E-state index is 12.0. The SMILES string of the molecule is CC(C)(C)OC(=O)NC1CC(=O)N(c2ccccc2)C1. The average molecular weight is 276 g/mol. The molecule has 0 saturated carbocycles. The summed E-state index contributed by atoms with van der Waals surface area (Å²) in [5.41, 5.74) is 0.317. The van der Waals surface area contributed by atoms with Gasteiger partial charge in [-0.15, -0.1) is 0 Å². The first kappa shape index (κ1) is 14.4. The van der Waals surface area contributed by atoms with E-state index < -0.39 is 11.7 Å². The molecule has 2 amide bonds. The van der Waals surface area contributed by atoms with Gasteiger partial charge in [0.15, 0.2) is 0 Å². The van der Waals surface area contributed by atoms with E-state index >= 15 is 0 Å². The number of nitrogens with zero attached hydrogens (tertiary/aromatic N) is 1. The predicted molar refractivity (Wildman–Crippen MR) is 76.6 cm³/mol. The molecule has 0 aliphatic carbocycles. The zero-order valence-electron chi connectivity index (χ0n) is 12.1. The number of anilines is 1. The summed E-state index contributed by atoms with van der Waals surface area (Å²) in [5.74, 6) is 0.0114. The highest BCUT2D eigenvalue weighted by molar-refractivity contribution is 5.96. The van der Waals surface area contributed by atoms with E-state index in [0.29, 0.717) is 13.0 Å². The molecular formula is C15H20N2O3. The van der Waals surface area contributed by atoms with Crippen molar-refractivity contribution in [1.82, 2.24) is 5.32 Å². The van der Waals surface area contributed by atoms with Crippen molar-refractivity contribution in [2.24, 2.45) is 0 Å². The smallest absolute Gasteiger partial charge is 0.407 e. The Bertz CT molecular complexity index is 494. The number of ether oxygens (including phenoxy) is 1. The molecule has 1 N–H and O–H groups in total. The minimum absolute atomic E-state index is 0.0114. The number of carbonyl (C=O) groups is 2. The molecule has 2 rings (SSSR count). The van der Waals surface area contributed by atoms with Gasteiger partial charge in [-0.05, 0) is 32.9 Å². The summed E-state index contributed by atoms with van der Waals surface area (Å²) < 4.78 is 5.20. The molecule has 0 radical (unpaired) electrons. The first-order valence-corrected chi connectivity index (χ1v) is 6.70.